The van der Waals surface area contributed by atoms with E-state index in [1.807, 2.05) is 7.05 Å². The predicted octanol–water partition coefficient (Wildman–Crippen LogP) is 1.07. The number of nitrogens with zero attached hydrogens (tertiary/aromatic N) is 2. The van der Waals surface area contributed by atoms with Gasteiger partial charge in [0.25, 0.3) is 0 Å². The average molecular weight is 253 g/mol. The topological polar surface area (TPSA) is 35.6 Å². The lowest BCUT2D eigenvalue weighted by atomic mass is 9.88. The molecule has 0 radical (unpaired) electrons. The van der Waals surface area contributed by atoms with Gasteiger partial charge in [0.2, 0.25) is 5.91 Å². The number of carbonyl (C=O) groups excluding carboxylic acids is 1. The van der Waals surface area contributed by atoms with Crippen molar-refractivity contribution >= 4 is 5.91 Å². The lowest BCUT2D eigenvalue weighted by molar-refractivity contribution is -0.132. The molecule has 18 heavy (non-hydrogen) atoms. The number of hydrogen-bond acceptors (Lipinski definition) is 3. The van der Waals surface area contributed by atoms with Gasteiger partial charge in [0.1, 0.15) is 0 Å². The van der Waals surface area contributed by atoms with Gasteiger partial charge in [-0.25, -0.2) is 0 Å². The molecule has 0 aromatic rings. The van der Waals surface area contributed by atoms with Crippen LogP contribution in [0.1, 0.15) is 40.0 Å². The first-order valence-electron chi connectivity index (χ1n) is 7.18. The van der Waals surface area contributed by atoms with Crippen LogP contribution in [-0.2, 0) is 4.79 Å². The third-order valence-electron chi connectivity index (χ3n) is 4.65. The minimum atomic E-state index is -0.00109. The molecule has 2 rings (SSSR count). The molecule has 4 nitrogen and oxygen atoms in total. The quantitative estimate of drug-likeness (QED) is 0.817. The smallest absolute Gasteiger partial charge is 0.237 e. The van der Waals surface area contributed by atoms with Crippen LogP contribution in [0.15, 0.2) is 0 Å². The Balaban J connectivity index is 1.84. The number of nitrogens with one attached hydrogen (secondary N) is 1. The Morgan fingerprint density at radius 1 is 1.28 bits per heavy atom. The van der Waals surface area contributed by atoms with Gasteiger partial charge in [-0.2, -0.15) is 0 Å². The van der Waals surface area contributed by atoms with Gasteiger partial charge >= 0.3 is 0 Å². The standard InChI is InChI=1S/C14H27N3O/c1-11(2)17-9-6-14(3,7-10-17)15-13(18)12-5-8-16(12)4/h11-12H,5-10H2,1-4H3,(H,15,18). The lowest BCUT2D eigenvalue weighted by Gasteiger charge is -2.44. The van der Waals surface area contributed by atoms with Gasteiger partial charge in [0, 0.05) is 31.2 Å². The van der Waals surface area contributed by atoms with Gasteiger partial charge in [0.15, 0.2) is 0 Å². The zero-order chi connectivity index (χ0) is 13.3. The van der Waals surface area contributed by atoms with Crippen molar-refractivity contribution in [3.63, 3.8) is 0 Å². The number of rotatable bonds is 3. The summed E-state index contributed by atoms with van der Waals surface area (Å²) in [5.41, 5.74) is -0.00109. The van der Waals surface area contributed by atoms with Crippen molar-refractivity contribution in [2.45, 2.75) is 57.7 Å². The summed E-state index contributed by atoms with van der Waals surface area (Å²) in [6.45, 7) is 9.91. The molecular formula is C14H27N3O. The number of hydrogen-bond donors (Lipinski definition) is 1. The van der Waals surface area contributed by atoms with Crippen LogP contribution in [0.2, 0.25) is 0 Å². The monoisotopic (exact) mass is 253 g/mol. The molecule has 0 aromatic heterocycles. The van der Waals surface area contributed by atoms with E-state index in [2.05, 4.69) is 35.9 Å². The maximum atomic E-state index is 12.2. The van der Waals surface area contributed by atoms with Crippen LogP contribution in [0.5, 0.6) is 0 Å². The van der Waals surface area contributed by atoms with E-state index in [1.165, 1.54) is 0 Å². The minimum Gasteiger partial charge on any atom is -0.349 e. The fraction of sp³-hybridized carbons (Fsp3) is 0.929. The van der Waals surface area contributed by atoms with Crippen molar-refractivity contribution in [3.8, 4) is 0 Å². The van der Waals surface area contributed by atoms with Crippen LogP contribution in [0, 0.1) is 0 Å². The number of likely N-dealkylation sites (N-methyl/N-ethyl adjacent to an activating group) is 1. The summed E-state index contributed by atoms with van der Waals surface area (Å²) in [5, 5.41) is 3.28. The summed E-state index contributed by atoms with van der Waals surface area (Å²) < 4.78 is 0. The first-order chi connectivity index (χ1) is 8.41. The minimum absolute atomic E-state index is 0.00109. The molecule has 2 heterocycles. The molecule has 0 spiro atoms. The van der Waals surface area contributed by atoms with E-state index in [4.69, 9.17) is 0 Å². The SMILES string of the molecule is CC(C)N1CCC(C)(NC(=O)C2CCN2C)CC1. The van der Waals surface area contributed by atoms with Crippen LogP contribution in [0.25, 0.3) is 0 Å². The van der Waals surface area contributed by atoms with E-state index >= 15 is 0 Å². The van der Waals surface area contributed by atoms with E-state index in [0.29, 0.717) is 6.04 Å². The summed E-state index contributed by atoms with van der Waals surface area (Å²) in [6, 6.07) is 0.730. The van der Waals surface area contributed by atoms with Crippen molar-refractivity contribution in [1.82, 2.24) is 15.1 Å². The molecule has 4 heteroatoms. The first-order valence-corrected chi connectivity index (χ1v) is 7.18. The van der Waals surface area contributed by atoms with Crippen molar-refractivity contribution < 1.29 is 4.79 Å². The van der Waals surface area contributed by atoms with E-state index < -0.39 is 0 Å². The van der Waals surface area contributed by atoms with E-state index in [1.54, 1.807) is 0 Å². The van der Waals surface area contributed by atoms with Crippen molar-refractivity contribution in [2.75, 3.05) is 26.7 Å². The third kappa shape index (κ3) is 2.86. The fourth-order valence-corrected chi connectivity index (χ4v) is 2.89. The third-order valence-corrected chi connectivity index (χ3v) is 4.65. The molecule has 1 unspecified atom stereocenters. The number of carbonyl (C=O) groups is 1. The highest BCUT2D eigenvalue weighted by Crippen LogP contribution is 2.24. The van der Waals surface area contributed by atoms with Gasteiger partial charge in [-0.15, -0.1) is 0 Å². The second-order valence-electron chi connectivity index (χ2n) is 6.46. The largest absolute Gasteiger partial charge is 0.349 e. The fourth-order valence-electron chi connectivity index (χ4n) is 2.89. The highest BCUT2D eigenvalue weighted by Gasteiger charge is 2.37. The normalized spacial score (nSPS) is 29.1. The summed E-state index contributed by atoms with van der Waals surface area (Å²) in [7, 11) is 2.03. The van der Waals surface area contributed by atoms with E-state index in [-0.39, 0.29) is 17.5 Å². The molecule has 104 valence electrons. The van der Waals surface area contributed by atoms with Gasteiger partial charge < -0.3 is 10.2 Å². The number of amides is 1. The summed E-state index contributed by atoms with van der Waals surface area (Å²) in [5.74, 6) is 0.226. The average Bonchev–Trinajstić information content (AvgIpc) is 2.26. The second-order valence-corrected chi connectivity index (χ2v) is 6.46. The maximum absolute atomic E-state index is 12.2. The molecule has 0 bridgehead atoms. The van der Waals surface area contributed by atoms with Crippen LogP contribution in [0.3, 0.4) is 0 Å². The zero-order valence-electron chi connectivity index (χ0n) is 12.2. The number of likely N-dealkylation sites (tertiary alicyclic amines) is 2. The van der Waals surface area contributed by atoms with Crippen LogP contribution >= 0.6 is 0 Å². The van der Waals surface area contributed by atoms with Crippen LogP contribution < -0.4 is 5.32 Å². The maximum Gasteiger partial charge on any atom is 0.237 e. The van der Waals surface area contributed by atoms with Gasteiger partial charge in [0.05, 0.1) is 6.04 Å². The Morgan fingerprint density at radius 2 is 1.89 bits per heavy atom. The zero-order valence-corrected chi connectivity index (χ0v) is 12.2. The molecule has 1 N–H and O–H groups in total. The van der Waals surface area contributed by atoms with Gasteiger partial charge in [-0.3, -0.25) is 9.69 Å². The molecule has 0 aliphatic carbocycles. The Kier molecular flexibility index (Phi) is 3.97. The lowest BCUT2D eigenvalue weighted by Crippen LogP contribution is -2.61. The Hall–Kier alpha value is -0.610. The summed E-state index contributed by atoms with van der Waals surface area (Å²) in [6.07, 6.45) is 3.14. The van der Waals surface area contributed by atoms with Crippen molar-refractivity contribution in [3.05, 3.63) is 0 Å². The molecule has 2 aliphatic rings. The Morgan fingerprint density at radius 3 is 2.28 bits per heavy atom. The number of piperidine rings is 1. The molecule has 1 amide bonds. The molecule has 0 aromatic carbocycles. The van der Waals surface area contributed by atoms with Crippen molar-refractivity contribution in [1.29, 1.82) is 0 Å². The summed E-state index contributed by atoms with van der Waals surface area (Å²) >= 11 is 0. The van der Waals surface area contributed by atoms with Gasteiger partial charge in [-0.05, 0) is 47.1 Å². The second kappa shape index (κ2) is 5.17. The summed E-state index contributed by atoms with van der Waals surface area (Å²) in [4.78, 5) is 16.8. The molecule has 2 fully saturated rings. The highest BCUT2D eigenvalue weighted by atomic mass is 16.2. The van der Waals surface area contributed by atoms with E-state index in [9.17, 15) is 4.79 Å². The predicted molar refractivity (Wildman–Crippen MR) is 73.5 cm³/mol. The molecule has 1 atom stereocenters. The molecule has 2 aliphatic heterocycles. The van der Waals surface area contributed by atoms with Gasteiger partial charge in [-0.1, -0.05) is 0 Å². The Labute approximate surface area is 111 Å². The van der Waals surface area contributed by atoms with E-state index in [0.717, 1.165) is 38.9 Å². The van der Waals surface area contributed by atoms with Crippen molar-refractivity contribution in [2.24, 2.45) is 0 Å². The Bertz CT molecular complexity index is 308. The molecule has 0 saturated carbocycles. The van der Waals surface area contributed by atoms with Crippen LogP contribution in [0.4, 0.5) is 0 Å². The first kappa shape index (κ1) is 13.8. The molecular weight excluding hydrogens is 226 g/mol. The highest BCUT2D eigenvalue weighted by molar-refractivity contribution is 5.83. The van der Waals surface area contributed by atoms with Crippen LogP contribution in [-0.4, -0.2) is 60.0 Å². The molecule has 2 saturated heterocycles.